The third-order valence-corrected chi connectivity index (χ3v) is 6.01. The first-order valence-electron chi connectivity index (χ1n) is 9.70. The lowest BCUT2D eigenvalue weighted by atomic mass is 9.97. The number of benzene rings is 3. The highest BCUT2D eigenvalue weighted by Crippen LogP contribution is 2.39. The van der Waals surface area contributed by atoms with Crippen LogP contribution in [0.3, 0.4) is 0 Å². The van der Waals surface area contributed by atoms with Gasteiger partial charge in [-0.1, -0.05) is 76.1 Å². The van der Waals surface area contributed by atoms with Crippen molar-refractivity contribution in [3.8, 4) is 0 Å². The predicted molar refractivity (Wildman–Crippen MR) is 120 cm³/mol. The quantitative estimate of drug-likeness (QED) is 0.400. The highest BCUT2D eigenvalue weighted by molar-refractivity contribution is 9.10. The zero-order valence-electron chi connectivity index (χ0n) is 16.3. The van der Waals surface area contributed by atoms with Crippen LogP contribution in [0.1, 0.15) is 38.9 Å². The Balaban J connectivity index is 1.74. The van der Waals surface area contributed by atoms with E-state index in [1.807, 2.05) is 61.5 Å². The minimum Gasteiger partial charge on any atom is -0.450 e. The molecule has 1 aromatic heterocycles. The van der Waals surface area contributed by atoms with Crippen LogP contribution < -0.4 is 5.43 Å². The molecule has 0 N–H and O–H groups in total. The van der Waals surface area contributed by atoms with Crippen LogP contribution in [0.2, 0.25) is 0 Å². The van der Waals surface area contributed by atoms with Gasteiger partial charge in [-0.25, -0.2) is 0 Å². The first-order valence-corrected chi connectivity index (χ1v) is 10.5. The Morgan fingerprint density at radius 3 is 2.43 bits per heavy atom. The second-order valence-electron chi connectivity index (χ2n) is 7.55. The summed E-state index contributed by atoms with van der Waals surface area (Å²) in [6, 6.07) is 22.5. The molecule has 148 valence electrons. The van der Waals surface area contributed by atoms with Crippen molar-refractivity contribution < 1.29 is 9.21 Å². The van der Waals surface area contributed by atoms with Gasteiger partial charge in [0, 0.05) is 11.0 Å². The minimum atomic E-state index is -0.493. The Kier molecular flexibility index (Phi) is 4.55. The zero-order chi connectivity index (χ0) is 20.8. The SMILES string of the molecule is Cc1ccc(C2c3c(oc4ccc(Br)cc4c3=O)C(=O)N2Cc2ccccc2)cc1. The van der Waals surface area contributed by atoms with Crippen molar-refractivity contribution in [2.75, 3.05) is 0 Å². The maximum Gasteiger partial charge on any atom is 0.291 e. The van der Waals surface area contributed by atoms with E-state index in [9.17, 15) is 9.59 Å². The van der Waals surface area contributed by atoms with Crippen LogP contribution in [0.4, 0.5) is 0 Å². The number of carbonyl (C=O) groups excluding carboxylic acids is 1. The fourth-order valence-corrected chi connectivity index (χ4v) is 4.39. The summed E-state index contributed by atoms with van der Waals surface area (Å²) in [5, 5.41) is 0.467. The van der Waals surface area contributed by atoms with Gasteiger partial charge >= 0.3 is 0 Å². The molecule has 1 aliphatic rings. The molecule has 0 saturated heterocycles. The summed E-state index contributed by atoms with van der Waals surface area (Å²) in [6.07, 6.45) is 0. The van der Waals surface area contributed by atoms with E-state index in [-0.39, 0.29) is 17.1 Å². The summed E-state index contributed by atoms with van der Waals surface area (Å²) in [5.41, 5.74) is 3.67. The van der Waals surface area contributed by atoms with Crippen molar-refractivity contribution in [2.45, 2.75) is 19.5 Å². The molecule has 0 spiro atoms. The summed E-state index contributed by atoms with van der Waals surface area (Å²) in [7, 11) is 0. The number of hydrogen-bond donors (Lipinski definition) is 0. The fourth-order valence-electron chi connectivity index (χ4n) is 4.03. The molecule has 0 fully saturated rings. The lowest BCUT2D eigenvalue weighted by Crippen LogP contribution is -2.29. The molecular weight excluding hydrogens is 442 g/mol. The zero-order valence-corrected chi connectivity index (χ0v) is 17.8. The standard InChI is InChI=1S/C25H18BrNO3/c1-15-7-9-17(10-8-15)22-21-23(28)19-13-18(26)11-12-20(19)30-24(21)25(29)27(22)14-16-5-3-2-4-6-16/h2-13,22H,14H2,1H3. The topological polar surface area (TPSA) is 50.5 Å². The van der Waals surface area contributed by atoms with Crippen LogP contribution in [0.5, 0.6) is 0 Å². The lowest BCUT2D eigenvalue weighted by molar-refractivity contribution is 0.0714. The van der Waals surface area contributed by atoms with Crippen molar-refractivity contribution >= 4 is 32.8 Å². The highest BCUT2D eigenvalue weighted by atomic mass is 79.9. The number of rotatable bonds is 3. The molecule has 5 rings (SSSR count). The van der Waals surface area contributed by atoms with Gasteiger partial charge < -0.3 is 9.32 Å². The lowest BCUT2D eigenvalue weighted by Gasteiger charge is -2.25. The van der Waals surface area contributed by atoms with Gasteiger partial charge in [-0.15, -0.1) is 0 Å². The first kappa shape index (κ1) is 18.8. The van der Waals surface area contributed by atoms with E-state index >= 15 is 0 Å². The van der Waals surface area contributed by atoms with Crippen molar-refractivity contribution in [3.63, 3.8) is 0 Å². The van der Waals surface area contributed by atoms with Gasteiger partial charge in [0.15, 0.2) is 5.43 Å². The Morgan fingerprint density at radius 2 is 1.70 bits per heavy atom. The number of halogens is 1. The van der Waals surface area contributed by atoms with E-state index in [2.05, 4.69) is 15.9 Å². The third kappa shape index (κ3) is 3.06. The predicted octanol–water partition coefficient (Wildman–Crippen LogP) is 5.61. The van der Waals surface area contributed by atoms with E-state index in [1.165, 1.54) is 0 Å². The van der Waals surface area contributed by atoms with Crippen LogP contribution >= 0.6 is 15.9 Å². The molecule has 30 heavy (non-hydrogen) atoms. The Bertz CT molecular complexity index is 1330. The monoisotopic (exact) mass is 459 g/mol. The van der Waals surface area contributed by atoms with Gasteiger partial charge in [-0.3, -0.25) is 9.59 Å². The Labute approximate surface area is 181 Å². The number of aryl methyl sites for hydroxylation is 1. The molecule has 0 saturated carbocycles. The summed E-state index contributed by atoms with van der Waals surface area (Å²) in [5.74, 6) is -0.127. The van der Waals surface area contributed by atoms with Crippen LogP contribution in [0.15, 0.2) is 86.5 Å². The largest absolute Gasteiger partial charge is 0.450 e. The third-order valence-electron chi connectivity index (χ3n) is 5.52. The van der Waals surface area contributed by atoms with Crippen molar-refractivity contribution in [1.29, 1.82) is 0 Å². The van der Waals surface area contributed by atoms with Crippen molar-refractivity contribution in [3.05, 3.63) is 116 Å². The van der Waals surface area contributed by atoms with E-state index in [1.54, 1.807) is 23.1 Å². The molecule has 0 radical (unpaired) electrons. The van der Waals surface area contributed by atoms with E-state index in [0.29, 0.717) is 23.1 Å². The number of amides is 1. The molecule has 1 aliphatic heterocycles. The second-order valence-corrected chi connectivity index (χ2v) is 8.46. The molecule has 1 atom stereocenters. The molecule has 1 amide bonds. The van der Waals surface area contributed by atoms with Crippen molar-refractivity contribution in [2.24, 2.45) is 0 Å². The molecule has 0 aliphatic carbocycles. The number of nitrogens with zero attached hydrogens (tertiary/aromatic N) is 1. The molecule has 1 unspecified atom stereocenters. The molecule has 4 aromatic rings. The van der Waals surface area contributed by atoms with E-state index in [0.717, 1.165) is 21.2 Å². The normalized spacial score (nSPS) is 15.6. The molecule has 5 heteroatoms. The minimum absolute atomic E-state index is 0.135. The summed E-state index contributed by atoms with van der Waals surface area (Å²) >= 11 is 3.43. The Hall–Kier alpha value is -3.18. The highest BCUT2D eigenvalue weighted by Gasteiger charge is 2.42. The van der Waals surface area contributed by atoms with Gasteiger partial charge in [-0.2, -0.15) is 0 Å². The molecule has 2 heterocycles. The smallest absolute Gasteiger partial charge is 0.291 e. The van der Waals surface area contributed by atoms with Crippen LogP contribution in [0, 0.1) is 6.92 Å². The van der Waals surface area contributed by atoms with Gasteiger partial charge in [-0.05, 0) is 36.2 Å². The number of carbonyl (C=O) groups is 1. The molecule has 3 aromatic carbocycles. The Morgan fingerprint density at radius 1 is 0.967 bits per heavy atom. The average molecular weight is 460 g/mol. The maximum absolute atomic E-state index is 13.5. The van der Waals surface area contributed by atoms with E-state index < -0.39 is 6.04 Å². The van der Waals surface area contributed by atoms with Crippen molar-refractivity contribution in [1.82, 2.24) is 4.90 Å². The second kappa shape index (κ2) is 7.26. The van der Waals surface area contributed by atoms with Gasteiger partial charge in [0.2, 0.25) is 5.76 Å². The molecule has 0 bridgehead atoms. The molecule has 4 nitrogen and oxygen atoms in total. The van der Waals surface area contributed by atoms with Gasteiger partial charge in [0.25, 0.3) is 5.91 Å². The van der Waals surface area contributed by atoms with E-state index in [4.69, 9.17) is 4.42 Å². The summed E-state index contributed by atoms with van der Waals surface area (Å²) < 4.78 is 6.78. The number of fused-ring (bicyclic) bond motifs is 2. The molecular formula is C25H18BrNO3. The van der Waals surface area contributed by atoms with Crippen LogP contribution in [-0.4, -0.2) is 10.8 Å². The van der Waals surface area contributed by atoms with Crippen LogP contribution in [-0.2, 0) is 6.54 Å². The van der Waals surface area contributed by atoms with Gasteiger partial charge in [0.1, 0.15) is 5.58 Å². The summed E-state index contributed by atoms with van der Waals surface area (Å²) in [4.78, 5) is 28.6. The first-order chi connectivity index (χ1) is 14.5. The number of hydrogen-bond acceptors (Lipinski definition) is 3. The van der Waals surface area contributed by atoms with Crippen LogP contribution in [0.25, 0.3) is 11.0 Å². The fraction of sp³-hybridized carbons (Fsp3) is 0.120. The van der Waals surface area contributed by atoms with Gasteiger partial charge in [0.05, 0.1) is 17.0 Å². The average Bonchev–Trinajstić information content (AvgIpc) is 3.02. The maximum atomic E-state index is 13.5. The summed E-state index contributed by atoms with van der Waals surface area (Å²) in [6.45, 7) is 2.40.